The number of piperidine rings is 1. The summed E-state index contributed by atoms with van der Waals surface area (Å²) in [5.41, 5.74) is 0.658. The van der Waals surface area contributed by atoms with Crippen molar-refractivity contribution in [1.82, 2.24) is 9.62 Å². The Bertz CT molecular complexity index is 578. The molecule has 0 aromatic heterocycles. The van der Waals surface area contributed by atoms with E-state index in [0.717, 1.165) is 12.8 Å². The van der Waals surface area contributed by atoms with Gasteiger partial charge in [0.1, 0.15) is 0 Å². The van der Waals surface area contributed by atoms with Crippen LogP contribution in [-0.2, 0) is 15.8 Å². The van der Waals surface area contributed by atoms with E-state index >= 15 is 0 Å². The fraction of sp³-hybridized carbons (Fsp3) is 0.538. The van der Waals surface area contributed by atoms with Crippen LogP contribution in [0, 0.1) is 0 Å². The summed E-state index contributed by atoms with van der Waals surface area (Å²) in [6, 6.07) is 5.17. The van der Waals surface area contributed by atoms with Crippen molar-refractivity contribution in [2.24, 2.45) is 0 Å². The van der Waals surface area contributed by atoms with Gasteiger partial charge in [0.05, 0.1) is 15.8 Å². The molecule has 0 spiro atoms. The number of benzene rings is 1. The van der Waals surface area contributed by atoms with E-state index in [2.05, 4.69) is 5.32 Å². The Morgan fingerprint density at radius 1 is 1.35 bits per heavy atom. The fourth-order valence-corrected chi connectivity index (χ4v) is 4.28. The van der Waals surface area contributed by atoms with Gasteiger partial charge in [-0.15, -0.1) is 0 Å². The summed E-state index contributed by atoms with van der Waals surface area (Å²) in [7, 11) is -1.46. The van der Waals surface area contributed by atoms with Crippen molar-refractivity contribution in [1.29, 1.82) is 0 Å². The third-order valence-corrected chi connectivity index (χ3v) is 6.07. The number of sulfonamides is 1. The Morgan fingerprint density at radius 3 is 2.75 bits per heavy atom. The normalized spacial score (nSPS) is 21.1. The molecule has 4 nitrogen and oxygen atoms in total. The van der Waals surface area contributed by atoms with Crippen molar-refractivity contribution in [3.05, 3.63) is 33.8 Å². The molecule has 112 valence electrons. The number of halogens is 2. The third-order valence-electron chi connectivity index (χ3n) is 3.52. The van der Waals surface area contributed by atoms with Gasteiger partial charge < -0.3 is 5.32 Å². The number of hydrogen-bond donors (Lipinski definition) is 1. The smallest absolute Gasteiger partial charge is 0.218 e. The predicted octanol–water partition coefficient (Wildman–Crippen LogP) is 2.51. The van der Waals surface area contributed by atoms with Crippen LogP contribution in [-0.4, -0.2) is 38.9 Å². The standard InChI is InChI=1S/C13H18Cl2N2O2S/c1-16-11-3-2-6-17(8-11)20(18,19)9-10-4-5-12(14)13(15)7-10/h4-5,7,11,16H,2-3,6,8-9H2,1H3. The van der Waals surface area contributed by atoms with E-state index in [0.29, 0.717) is 28.7 Å². The van der Waals surface area contributed by atoms with Crippen molar-refractivity contribution >= 4 is 33.2 Å². The van der Waals surface area contributed by atoms with E-state index in [4.69, 9.17) is 23.2 Å². The molecule has 1 aliphatic heterocycles. The molecule has 0 bridgehead atoms. The second kappa shape index (κ2) is 6.62. The van der Waals surface area contributed by atoms with Gasteiger partial charge in [-0.05, 0) is 37.6 Å². The molecule has 1 aliphatic rings. The molecule has 0 aliphatic carbocycles. The highest BCUT2D eigenvalue weighted by atomic mass is 35.5. The predicted molar refractivity (Wildman–Crippen MR) is 82.7 cm³/mol. The molecule has 7 heteroatoms. The van der Waals surface area contributed by atoms with E-state index in [1.165, 1.54) is 0 Å². The number of nitrogens with one attached hydrogen (secondary N) is 1. The molecule has 20 heavy (non-hydrogen) atoms. The van der Waals surface area contributed by atoms with E-state index in [9.17, 15) is 8.42 Å². The van der Waals surface area contributed by atoms with E-state index in [1.54, 1.807) is 22.5 Å². The van der Waals surface area contributed by atoms with Crippen LogP contribution in [0.15, 0.2) is 18.2 Å². The van der Waals surface area contributed by atoms with Crippen LogP contribution < -0.4 is 5.32 Å². The number of likely N-dealkylation sites (N-methyl/N-ethyl adjacent to an activating group) is 1. The van der Waals surface area contributed by atoms with Crippen molar-refractivity contribution in [3.63, 3.8) is 0 Å². The minimum atomic E-state index is -3.32. The molecule has 1 atom stereocenters. The maximum atomic E-state index is 12.4. The Kier molecular flexibility index (Phi) is 5.31. The molecule has 1 saturated heterocycles. The van der Waals surface area contributed by atoms with Gasteiger partial charge in [0.25, 0.3) is 0 Å². The number of rotatable bonds is 4. The minimum absolute atomic E-state index is 0.0413. The van der Waals surface area contributed by atoms with Crippen molar-refractivity contribution in [2.75, 3.05) is 20.1 Å². The maximum Gasteiger partial charge on any atom is 0.218 e. The first-order valence-corrected chi connectivity index (χ1v) is 8.88. The Morgan fingerprint density at radius 2 is 2.10 bits per heavy atom. The largest absolute Gasteiger partial charge is 0.316 e. The highest BCUT2D eigenvalue weighted by Gasteiger charge is 2.28. The molecule has 1 heterocycles. The van der Waals surface area contributed by atoms with Gasteiger partial charge in [0, 0.05) is 19.1 Å². The molecular weight excluding hydrogens is 319 g/mol. The molecule has 1 aromatic rings. The Balaban J connectivity index is 2.12. The zero-order chi connectivity index (χ0) is 14.8. The van der Waals surface area contributed by atoms with E-state index in [-0.39, 0.29) is 11.8 Å². The third kappa shape index (κ3) is 3.86. The van der Waals surface area contributed by atoms with Gasteiger partial charge in [-0.1, -0.05) is 29.3 Å². The zero-order valence-corrected chi connectivity index (χ0v) is 13.6. The summed E-state index contributed by atoms with van der Waals surface area (Å²) in [5, 5.41) is 3.95. The minimum Gasteiger partial charge on any atom is -0.316 e. The quantitative estimate of drug-likeness (QED) is 0.918. The molecule has 1 unspecified atom stereocenters. The highest BCUT2D eigenvalue weighted by Crippen LogP contribution is 2.24. The molecule has 0 radical (unpaired) electrons. The highest BCUT2D eigenvalue weighted by molar-refractivity contribution is 7.88. The molecule has 0 saturated carbocycles. The van der Waals surface area contributed by atoms with Gasteiger partial charge in [-0.3, -0.25) is 0 Å². The molecule has 1 aromatic carbocycles. The molecule has 2 rings (SSSR count). The van der Waals surface area contributed by atoms with Gasteiger partial charge in [0.2, 0.25) is 10.0 Å². The Labute approximate surface area is 130 Å². The first-order valence-electron chi connectivity index (χ1n) is 6.51. The van der Waals surface area contributed by atoms with Crippen LogP contribution in [0.5, 0.6) is 0 Å². The number of hydrogen-bond acceptors (Lipinski definition) is 3. The van der Waals surface area contributed by atoms with Crippen LogP contribution in [0.1, 0.15) is 18.4 Å². The average molecular weight is 337 g/mol. The lowest BCUT2D eigenvalue weighted by Crippen LogP contribution is -2.47. The van der Waals surface area contributed by atoms with E-state index < -0.39 is 10.0 Å². The molecule has 0 amide bonds. The topological polar surface area (TPSA) is 49.4 Å². The number of nitrogens with zero attached hydrogens (tertiary/aromatic N) is 1. The summed E-state index contributed by atoms with van der Waals surface area (Å²) in [5.74, 6) is -0.0413. The maximum absolute atomic E-state index is 12.4. The molecule has 1 fully saturated rings. The Hall–Kier alpha value is -0.330. The summed E-state index contributed by atoms with van der Waals surface area (Å²) in [4.78, 5) is 0. The average Bonchev–Trinajstić information content (AvgIpc) is 2.43. The van der Waals surface area contributed by atoms with Crippen LogP contribution in [0.2, 0.25) is 10.0 Å². The van der Waals surface area contributed by atoms with E-state index in [1.807, 2.05) is 7.05 Å². The van der Waals surface area contributed by atoms with Crippen molar-refractivity contribution in [3.8, 4) is 0 Å². The fourth-order valence-electron chi connectivity index (χ4n) is 2.36. The first-order chi connectivity index (χ1) is 9.42. The summed E-state index contributed by atoms with van der Waals surface area (Å²) in [6.45, 7) is 1.11. The van der Waals surface area contributed by atoms with Gasteiger partial charge >= 0.3 is 0 Å². The summed E-state index contributed by atoms with van der Waals surface area (Å²) >= 11 is 11.8. The van der Waals surface area contributed by atoms with Crippen molar-refractivity contribution in [2.45, 2.75) is 24.6 Å². The first kappa shape index (κ1) is 16.0. The van der Waals surface area contributed by atoms with Crippen LogP contribution in [0.25, 0.3) is 0 Å². The van der Waals surface area contributed by atoms with Crippen molar-refractivity contribution < 1.29 is 8.42 Å². The molecule has 1 N–H and O–H groups in total. The second-order valence-electron chi connectivity index (χ2n) is 4.99. The van der Waals surface area contributed by atoms with Crippen LogP contribution in [0.4, 0.5) is 0 Å². The monoisotopic (exact) mass is 336 g/mol. The zero-order valence-electron chi connectivity index (χ0n) is 11.3. The van der Waals surface area contributed by atoms with Gasteiger partial charge in [-0.2, -0.15) is 0 Å². The van der Waals surface area contributed by atoms with Crippen LogP contribution >= 0.6 is 23.2 Å². The summed E-state index contributed by atoms with van der Waals surface area (Å²) in [6.07, 6.45) is 1.89. The lowest BCUT2D eigenvalue weighted by atomic mass is 10.1. The molecular formula is C13H18Cl2N2O2S. The lowest BCUT2D eigenvalue weighted by molar-refractivity contribution is 0.292. The second-order valence-corrected chi connectivity index (χ2v) is 7.77. The van der Waals surface area contributed by atoms with Gasteiger partial charge in [-0.25, -0.2) is 12.7 Å². The SMILES string of the molecule is CNC1CCCN(S(=O)(=O)Cc2ccc(Cl)c(Cl)c2)C1. The lowest BCUT2D eigenvalue weighted by Gasteiger charge is -2.31. The van der Waals surface area contributed by atoms with Crippen LogP contribution in [0.3, 0.4) is 0 Å². The summed E-state index contributed by atoms with van der Waals surface area (Å²) < 4.78 is 26.4. The van der Waals surface area contributed by atoms with Gasteiger partial charge in [0.15, 0.2) is 0 Å².